The summed E-state index contributed by atoms with van der Waals surface area (Å²) in [6, 6.07) is 0. The molecule has 2 saturated carbocycles. The average Bonchev–Trinajstić information content (AvgIpc) is 2.96. The quantitative estimate of drug-likeness (QED) is 0.168. The van der Waals surface area contributed by atoms with Crippen molar-refractivity contribution in [2.24, 2.45) is 27.6 Å². The fourth-order valence-corrected chi connectivity index (χ4v) is 8.11. The molecule has 0 aromatic heterocycles. The number of alkyl halides is 3. The molecule has 0 aromatic carbocycles. The van der Waals surface area contributed by atoms with Gasteiger partial charge in [-0.25, -0.2) is 0 Å². The van der Waals surface area contributed by atoms with Gasteiger partial charge in [0.25, 0.3) is 0 Å². The maximum absolute atomic E-state index is 13.0. The van der Waals surface area contributed by atoms with Crippen molar-refractivity contribution in [1.82, 2.24) is 0 Å². The second-order valence-corrected chi connectivity index (χ2v) is 12.5. The van der Waals surface area contributed by atoms with Crippen molar-refractivity contribution >= 4 is 22.4 Å². The number of hydrogen-bond acceptors (Lipinski definition) is 6. The fourth-order valence-electron chi connectivity index (χ4n) is 7.52. The molecule has 1 unspecified atom stereocenters. The van der Waals surface area contributed by atoms with Crippen molar-refractivity contribution in [3.63, 3.8) is 0 Å². The standard InChI is InChI=1S/C24H31F3O6S/c1-15(29)32-17-5-8-20(2)16(13-17)14-23(20)11-10-22(4)19(33-34(30,31)24(25,26)27)6-9-21(22,3)18(23)7-12-28/h6,12,14,17-18H,5,7-11,13H2,1-4H3/t17-,18?,20-,21-,22+,23+/m0/s1. The number of ether oxygens (including phenoxy) is 1. The first-order valence-corrected chi connectivity index (χ1v) is 13.0. The summed E-state index contributed by atoms with van der Waals surface area (Å²) in [5, 5.41) is 0. The summed E-state index contributed by atoms with van der Waals surface area (Å²) in [4.78, 5) is 23.3. The summed E-state index contributed by atoms with van der Waals surface area (Å²) in [6.45, 7) is 7.25. The van der Waals surface area contributed by atoms with E-state index in [4.69, 9.17) is 4.74 Å². The number of rotatable bonds is 5. The van der Waals surface area contributed by atoms with Crippen LogP contribution in [0.4, 0.5) is 13.2 Å². The lowest BCUT2D eigenvalue weighted by Crippen LogP contribution is -2.63. The van der Waals surface area contributed by atoms with Crippen LogP contribution in [0.15, 0.2) is 23.5 Å². The van der Waals surface area contributed by atoms with Gasteiger partial charge in [0, 0.05) is 30.6 Å². The van der Waals surface area contributed by atoms with Gasteiger partial charge in [0.15, 0.2) is 0 Å². The first-order valence-electron chi connectivity index (χ1n) is 11.6. The Hall–Kier alpha value is -1.84. The zero-order valence-electron chi connectivity index (χ0n) is 19.8. The predicted octanol–water partition coefficient (Wildman–Crippen LogP) is 5.20. The highest BCUT2D eigenvalue weighted by atomic mass is 32.2. The molecular weight excluding hydrogens is 473 g/mol. The largest absolute Gasteiger partial charge is 0.534 e. The maximum atomic E-state index is 13.0. The Kier molecular flexibility index (Phi) is 5.63. The predicted molar refractivity (Wildman–Crippen MR) is 116 cm³/mol. The van der Waals surface area contributed by atoms with Gasteiger partial charge >= 0.3 is 21.6 Å². The molecule has 4 aliphatic carbocycles. The molecule has 10 heteroatoms. The van der Waals surface area contributed by atoms with Crippen molar-refractivity contribution in [1.29, 1.82) is 0 Å². The first-order chi connectivity index (χ1) is 15.6. The number of allylic oxidation sites excluding steroid dienone is 3. The molecule has 4 aliphatic rings. The molecule has 0 aromatic rings. The average molecular weight is 505 g/mol. The van der Waals surface area contributed by atoms with Crippen molar-refractivity contribution in [2.75, 3.05) is 0 Å². The third-order valence-electron chi connectivity index (χ3n) is 9.67. The highest BCUT2D eigenvalue weighted by molar-refractivity contribution is 7.87. The lowest BCUT2D eigenvalue weighted by molar-refractivity contribution is -0.162. The van der Waals surface area contributed by atoms with E-state index in [0.29, 0.717) is 32.1 Å². The Morgan fingerprint density at radius 3 is 2.41 bits per heavy atom. The molecule has 1 spiro atoms. The molecule has 0 aliphatic heterocycles. The van der Waals surface area contributed by atoms with Gasteiger partial charge < -0.3 is 13.7 Å². The van der Waals surface area contributed by atoms with E-state index in [0.717, 1.165) is 12.7 Å². The van der Waals surface area contributed by atoms with Crippen LogP contribution in [0.2, 0.25) is 0 Å². The van der Waals surface area contributed by atoms with Crippen molar-refractivity contribution in [3.8, 4) is 0 Å². The lowest BCUT2D eigenvalue weighted by Gasteiger charge is -2.70. The van der Waals surface area contributed by atoms with E-state index >= 15 is 0 Å². The zero-order valence-corrected chi connectivity index (χ0v) is 20.6. The molecule has 34 heavy (non-hydrogen) atoms. The molecule has 6 atom stereocenters. The summed E-state index contributed by atoms with van der Waals surface area (Å²) >= 11 is 0. The van der Waals surface area contributed by atoms with E-state index < -0.39 is 26.5 Å². The van der Waals surface area contributed by atoms with Crippen LogP contribution in [-0.4, -0.2) is 32.3 Å². The molecule has 190 valence electrons. The highest BCUT2D eigenvalue weighted by Gasteiger charge is 2.71. The monoisotopic (exact) mass is 504 g/mol. The Bertz CT molecular complexity index is 1080. The van der Waals surface area contributed by atoms with Crippen LogP contribution in [-0.2, 0) is 28.6 Å². The van der Waals surface area contributed by atoms with Crippen LogP contribution >= 0.6 is 0 Å². The maximum Gasteiger partial charge on any atom is 0.534 e. The van der Waals surface area contributed by atoms with E-state index in [9.17, 15) is 31.2 Å². The van der Waals surface area contributed by atoms with Crippen molar-refractivity contribution in [2.45, 2.75) is 84.3 Å². The van der Waals surface area contributed by atoms with Gasteiger partial charge in [-0.2, -0.15) is 21.6 Å². The topological polar surface area (TPSA) is 86.7 Å². The van der Waals surface area contributed by atoms with Gasteiger partial charge in [0.05, 0.1) is 0 Å². The molecule has 0 saturated heterocycles. The number of aldehydes is 1. The number of esters is 1. The fraction of sp³-hybridized carbons (Fsp3) is 0.750. The highest BCUT2D eigenvalue weighted by Crippen LogP contribution is 2.77. The van der Waals surface area contributed by atoms with E-state index in [1.54, 1.807) is 6.92 Å². The summed E-state index contributed by atoms with van der Waals surface area (Å²) in [5.74, 6) is -0.701. The van der Waals surface area contributed by atoms with E-state index in [1.165, 1.54) is 18.6 Å². The minimum Gasteiger partial charge on any atom is -0.462 e. The van der Waals surface area contributed by atoms with Crippen molar-refractivity contribution in [3.05, 3.63) is 23.5 Å². The third-order valence-corrected chi connectivity index (χ3v) is 10.6. The van der Waals surface area contributed by atoms with Gasteiger partial charge in [-0.3, -0.25) is 4.79 Å². The minimum atomic E-state index is -5.79. The second-order valence-electron chi connectivity index (χ2n) is 11.0. The smallest absolute Gasteiger partial charge is 0.462 e. The third kappa shape index (κ3) is 3.23. The van der Waals surface area contributed by atoms with Gasteiger partial charge in [-0.1, -0.05) is 32.4 Å². The minimum absolute atomic E-state index is 0.176. The summed E-state index contributed by atoms with van der Waals surface area (Å²) < 4.78 is 72.8. The van der Waals surface area contributed by atoms with Crippen LogP contribution in [0.5, 0.6) is 0 Å². The Balaban J connectivity index is 1.68. The number of carbonyl (C=O) groups excluding carboxylic acids is 2. The van der Waals surface area contributed by atoms with Crippen LogP contribution in [0.3, 0.4) is 0 Å². The SMILES string of the molecule is CC(=O)O[C@H]1CC[C@@]2(C)C(=C[C@@]23CC[C@]2(C)C(OS(=O)(=O)C(F)(F)F)=CC[C@@]2(C)C3CC=O)C1. The summed E-state index contributed by atoms with van der Waals surface area (Å²) in [5.41, 5.74) is -6.51. The molecule has 0 bridgehead atoms. The zero-order chi connectivity index (χ0) is 25.4. The second kappa shape index (κ2) is 7.58. The van der Waals surface area contributed by atoms with Crippen molar-refractivity contribution < 1.29 is 40.1 Å². The number of carbonyl (C=O) groups is 2. The molecule has 0 radical (unpaired) electrons. The molecule has 0 heterocycles. The summed E-state index contributed by atoms with van der Waals surface area (Å²) in [7, 11) is -5.79. The Morgan fingerprint density at radius 2 is 1.85 bits per heavy atom. The molecule has 6 nitrogen and oxygen atoms in total. The molecule has 4 rings (SSSR count). The van der Waals surface area contributed by atoms with Crippen LogP contribution < -0.4 is 0 Å². The number of fused-ring (bicyclic) bond motifs is 3. The van der Waals surface area contributed by atoms with Crippen LogP contribution in [0.1, 0.15) is 72.6 Å². The molecule has 2 fully saturated rings. The van der Waals surface area contributed by atoms with Gasteiger partial charge in [0.1, 0.15) is 18.1 Å². The Morgan fingerprint density at radius 1 is 1.18 bits per heavy atom. The van der Waals surface area contributed by atoms with Gasteiger partial charge in [0.2, 0.25) is 0 Å². The number of hydrogen-bond donors (Lipinski definition) is 0. The van der Waals surface area contributed by atoms with E-state index in [1.807, 2.05) is 6.92 Å². The Labute approximate surface area is 198 Å². The summed E-state index contributed by atoms with van der Waals surface area (Å²) in [6.07, 6.45) is 8.02. The van der Waals surface area contributed by atoms with E-state index in [-0.39, 0.29) is 41.0 Å². The molecule has 0 N–H and O–H groups in total. The lowest BCUT2D eigenvalue weighted by atomic mass is 9.34. The van der Waals surface area contributed by atoms with Gasteiger partial charge in [-0.05, 0) is 54.9 Å². The first kappa shape index (κ1) is 25.3. The van der Waals surface area contributed by atoms with Gasteiger partial charge in [-0.15, -0.1) is 0 Å². The van der Waals surface area contributed by atoms with Crippen LogP contribution in [0.25, 0.3) is 0 Å². The molecular formula is C24H31F3O6S. The van der Waals surface area contributed by atoms with Crippen LogP contribution in [0, 0.1) is 27.6 Å². The number of halogens is 3. The molecule has 0 amide bonds. The normalized spacial score (nSPS) is 41.5. The van der Waals surface area contributed by atoms with E-state index in [2.05, 4.69) is 17.2 Å².